The number of nitrogens with one attached hydrogen (secondary N) is 2. The van der Waals surface area contributed by atoms with Gasteiger partial charge in [0.15, 0.2) is 5.60 Å². The van der Waals surface area contributed by atoms with Crippen molar-refractivity contribution < 1.29 is 34.1 Å². The van der Waals surface area contributed by atoms with Crippen molar-refractivity contribution >= 4 is 42.4 Å². The molecule has 3 heterocycles. The lowest BCUT2D eigenvalue weighted by Crippen LogP contribution is -2.52. The number of carbonyl (C=O) groups is 3. The molecule has 248 valence electrons. The lowest BCUT2D eigenvalue weighted by atomic mass is 9.82. The van der Waals surface area contributed by atoms with Crippen LogP contribution >= 0.6 is 0 Å². The van der Waals surface area contributed by atoms with E-state index in [1.165, 1.54) is 6.92 Å². The molecule has 3 aliphatic heterocycles. The Balaban J connectivity index is 1.40. The zero-order valence-electron chi connectivity index (χ0n) is 27.4. The number of carbonyl (C=O) groups excluding carboxylic acids is 3. The first kappa shape index (κ1) is 32.9. The van der Waals surface area contributed by atoms with Gasteiger partial charge in [-0.1, -0.05) is 61.6 Å². The number of aliphatic hydroxyl groups is 2. The summed E-state index contributed by atoms with van der Waals surface area (Å²) in [7, 11) is -0.863. The van der Waals surface area contributed by atoms with E-state index in [0.717, 1.165) is 22.1 Å². The van der Waals surface area contributed by atoms with Crippen molar-refractivity contribution in [3.05, 3.63) is 83.4 Å². The number of methoxy groups -OCH3 is 1. The Morgan fingerprint density at radius 1 is 1.13 bits per heavy atom. The first-order valence-corrected chi connectivity index (χ1v) is 19.2. The standard InChI is InChI=1S/C36H43N3O7Si/c1-21-33(47(4,5)28-13-11-27(45-3)12-14-28)31(18-32(42)39-19-24-9-7-6-8-23(24)16-26(39)20-40)46-36(21)29-17-25(37-34(43)22(2)41)10-15-30(29)38-35(36)44/h6-15,17,21-22,26,31,33,40-41H,16,18-20H2,1-5H3,(H,37,43)(H,38,44)/t21-,22-,26-,31+,33-,36+/m0/s1. The molecule has 0 radical (unpaired) electrons. The molecule has 1 spiro atoms. The maximum Gasteiger partial charge on any atom is 0.261 e. The Labute approximate surface area is 276 Å². The number of hydrogen-bond donors (Lipinski definition) is 4. The molecule has 0 aliphatic carbocycles. The van der Waals surface area contributed by atoms with Crippen molar-refractivity contribution in [2.75, 3.05) is 24.4 Å². The highest BCUT2D eigenvalue weighted by Gasteiger charge is 2.65. The van der Waals surface area contributed by atoms with Crippen molar-refractivity contribution in [3.63, 3.8) is 0 Å². The van der Waals surface area contributed by atoms with E-state index in [0.29, 0.717) is 29.9 Å². The average Bonchev–Trinajstić information content (AvgIpc) is 3.52. The minimum Gasteiger partial charge on any atom is -0.497 e. The molecule has 10 nitrogen and oxygen atoms in total. The third kappa shape index (κ3) is 5.65. The number of anilines is 2. The van der Waals surface area contributed by atoms with Crippen LogP contribution in [0.1, 0.15) is 37.0 Å². The van der Waals surface area contributed by atoms with E-state index in [4.69, 9.17) is 9.47 Å². The Morgan fingerprint density at radius 3 is 2.49 bits per heavy atom. The van der Waals surface area contributed by atoms with E-state index in [1.807, 2.05) is 43.3 Å². The zero-order valence-corrected chi connectivity index (χ0v) is 28.4. The van der Waals surface area contributed by atoms with Crippen LogP contribution in [0, 0.1) is 5.92 Å². The zero-order chi connectivity index (χ0) is 33.7. The van der Waals surface area contributed by atoms with Crippen LogP contribution in [0.2, 0.25) is 18.6 Å². The quantitative estimate of drug-likeness (QED) is 0.272. The number of aliphatic hydroxyl groups excluding tert-OH is 2. The van der Waals surface area contributed by atoms with E-state index in [9.17, 15) is 24.6 Å². The lowest BCUT2D eigenvalue weighted by Gasteiger charge is -2.39. The summed E-state index contributed by atoms with van der Waals surface area (Å²) in [5.41, 5.74) is 2.22. The first-order chi connectivity index (χ1) is 22.4. The van der Waals surface area contributed by atoms with Crippen LogP contribution in [0.3, 0.4) is 0 Å². The van der Waals surface area contributed by atoms with Crippen molar-refractivity contribution in [2.45, 2.75) is 75.7 Å². The summed E-state index contributed by atoms with van der Waals surface area (Å²) in [6.45, 7) is 8.15. The summed E-state index contributed by atoms with van der Waals surface area (Å²) in [4.78, 5) is 42.5. The second-order valence-corrected chi connectivity index (χ2v) is 18.3. The van der Waals surface area contributed by atoms with Gasteiger partial charge in [-0.3, -0.25) is 14.4 Å². The van der Waals surface area contributed by atoms with Gasteiger partial charge in [-0.05, 0) is 60.3 Å². The largest absolute Gasteiger partial charge is 0.497 e. The van der Waals surface area contributed by atoms with E-state index < -0.39 is 31.8 Å². The Hall–Kier alpha value is -4.03. The Kier molecular flexibility index (Phi) is 8.77. The number of benzene rings is 3. The van der Waals surface area contributed by atoms with Crippen LogP contribution in [0.4, 0.5) is 11.4 Å². The summed E-state index contributed by atoms with van der Waals surface area (Å²) >= 11 is 0. The van der Waals surface area contributed by atoms with Gasteiger partial charge in [0, 0.05) is 29.4 Å². The van der Waals surface area contributed by atoms with Gasteiger partial charge in [-0.2, -0.15) is 0 Å². The molecule has 1 saturated heterocycles. The summed E-state index contributed by atoms with van der Waals surface area (Å²) in [5.74, 6) is -0.599. The van der Waals surface area contributed by atoms with Crippen molar-refractivity contribution in [1.29, 1.82) is 0 Å². The van der Waals surface area contributed by atoms with Crippen molar-refractivity contribution in [1.82, 2.24) is 4.90 Å². The predicted molar refractivity (Wildman–Crippen MR) is 181 cm³/mol. The van der Waals surface area contributed by atoms with E-state index in [-0.39, 0.29) is 42.3 Å². The van der Waals surface area contributed by atoms with Gasteiger partial charge in [-0.25, -0.2) is 0 Å². The van der Waals surface area contributed by atoms with Gasteiger partial charge in [0.05, 0.1) is 40.4 Å². The highest BCUT2D eigenvalue weighted by Crippen LogP contribution is 2.59. The van der Waals surface area contributed by atoms with Crippen molar-refractivity contribution in [3.8, 4) is 5.75 Å². The molecule has 6 rings (SSSR count). The smallest absolute Gasteiger partial charge is 0.261 e. The summed E-state index contributed by atoms with van der Waals surface area (Å²) in [6, 6.07) is 20.8. The number of hydrogen-bond acceptors (Lipinski definition) is 7. The van der Waals surface area contributed by atoms with Crippen molar-refractivity contribution in [2.24, 2.45) is 5.92 Å². The molecule has 0 bridgehead atoms. The van der Waals surface area contributed by atoms with Gasteiger partial charge < -0.3 is 35.2 Å². The summed E-state index contributed by atoms with van der Waals surface area (Å²) in [6.07, 6.45) is -1.20. The third-order valence-corrected chi connectivity index (χ3v) is 14.9. The highest BCUT2D eigenvalue weighted by atomic mass is 28.3. The van der Waals surface area contributed by atoms with Gasteiger partial charge in [0.1, 0.15) is 11.9 Å². The molecule has 11 heteroatoms. The molecule has 47 heavy (non-hydrogen) atoms. The maximum atomic E-state index is 14.3. The summed E-state index contributed by atoms with van der Waals surface area (Å²) in [5, 5.41) is 27.0. The van der Waals surface area contributed by atoms with Crippen LogP contribution in [-0.2, 0) is 37.7 Å². The molecule has 1 fully saturated rings. The molecule has 6 atom stereocenters. The van der Waals surface area contributed by atoms with Crippen LogP contribution in [0.15, 0.2) is 66.7 Å². The van der Waals surface area contributed by atoms with E-state index in [1.54, 1.807) is 30.2 Å². The maximum absolute atomic E-state index is 14.3. The van der Waals surface area contributed by atoms with Gasteiger partial charge in [0.25, 0.3) is 11.8 Å². The van der Waals surface area contributed by atoms with E-state index >= 15 is 0 Å². The van der Waals surface area contributed by atoms with Crippen LogP contribution < -0.4 is 20.6 Å². The minimum atomic E-state index is -2.49. The fraction of sp³-hybridized carbons (Fsp3) is 0.417. The van der Waals surface area contributed by atoms with Crippen LogP contribution in [-0.4, -0.2) is 72.9 Å². The van der Waals surface area contributed by atoms with Gasteiger partial charge in [0.2, 0.25) is 5.91 Å². The molecule has 0 saturated carbocycles. The number of amides is 3. The second kappa shape index (κ2) is 12.5. The molecule has 4 N–H and O–H groups in total. The fourth-order valence-corrected chi connectivity index (χ4v) is 12.0. The molecule has 3 aromatic carbocycles. The number of ether oxygens (including phenoxy) is 2. The second-order valence-electron chi connectivity index (χ2n) is 13.6. The molecule has 0 aromatic heterocycles. The Morgan fingerprint density at radius 2 is 1.83 bits per heavy atom. The lowest BCUT2D eigenvalue weighted by molar-refractivity contribution is -0.149. The molecule has 3 aromatic rings. The highest BCUT2D eigenvalue weighted by molar-refractivity contribution is 6.91. The molecule has 3 aliphatic rings. The number of rotatable bonds is 8. The fourth-order valence-electron chi connectivity index (χ4n) is 7.99. The first-order valence-electron chi connectivity index (χ1n) is 16.1. The predicted octanol–water partition coefficient (Wildman–Crippen LogP) is 3.52. The van der Waals surface area contributed by atoms with Crippen LogP contribution in [0.5, 0.6) is 5.75 Å². The summed E-state index contributed by atoms with van der Waals surface area (Å²) < 4.78 is 12.4. The monoisotopic (exact) mass is 657 g/mol. The molecule has 3 amide bonds. The number of nitrogens with zero attached hydrogens (tertiary/aromatic N) is 1. The number of fused-ring (bicyclic) bond motifs is 3. The van der Waals surface area contributed by atoms with Gasteiger partial charge >= 0.3 is 0 Å². The topological polar surface area (TPSA) is 137 Å². The SMILES string of the molecule is COc1ccc([Si](C)(C)[C@@H]2[C@@H](CC(=O)N3Cc4ccccc4C[C@H]3CO)O[C@]3(C(=O)Nc4ccc(NC(=O)[C@H](C)O)cc43)[C@H]2C)cc1. The normalized spacial score (nSPS) is 25.6. The van der Waals surface area contributed by atoms with Gasteiger partial charge in [-0.15, -0.1) is 0 Å². The molecular weight excluding hydrogens is 614 g/mol. The third-order valence-electron chi connectivity index (χ3n) is 10.5. The molecule has 0 unspecified atom stereocenters. The van der Waals surface area contributed by atoms with E-state index in [2.05, 4.69) is 35.9 Å². The Bertz CT molecular complexity index is 1690. The molecular formula is C36H43N3O7Si. The van der Waals surface area contributed by atoms with Crippen LogP contribution in [0.25, 0.3) is 0 Å². The average molecular weight is 658 g/mol. The minimum absolute atomic E-state index is 0.0447.